The summed E-state index contributed by atoms with van der Waals surface area (Å²) in [5.74, 6) is 1.33. The van der Waals surface area contributed by atoms with Gasteiger partial charge in [-0.25, -0.2) is 4.79 Å². The summed E-state index contributed by atoms with van der Waals surface area (Å²) in [5.41, 5.74) is 3.12. The third kappa shape index (κ3) is 7.69. The highest BCUT2D eigenvalue weighted by atomic mass is 16.5. The molecule has 1 heterocycles. The standard InChI is InChI=1S/C32H32N4O3/c37-31(33-28-19-21-36(22-20-28)23-24-7-3-1-4-8-24)25-11-13-26(14-12-25)34-32(38)35-27-15-17-30(18-16-27)39-29-9-5-2-6-10-29/h1-18,28H,19-23H2,(H,33,37)(H2,34,35,38). The Morgan fingerprint density at radius 1 is 0.692 bits per heavy atom. The van der Waals surface area contributed by atoms with Crippen LogP contribution in [0.4, 0.5) is 16.2 Å². The lowest BCUT2D eigenvalue weighted by Crippen LogP contribution is -2.44. The van der Waals surface area contributed by atoms with E-state index >= 15 is 0 Å². The van der Waals surface area contributed by atoms with Crippen LogP contribution in [0.2, 0.25) is 0 Å². The monoisotopic (exact) mass is 520 g/mol. The highest BCUT2D eigenvalue weighted by Gasteiger charge is 2.21. The van der Waals surface area contributed by atoms with Gasteiger partial charge in [0.2, 0.25) is 0 Å². The number of nitrogens with zero attached hydrogens (tertiary/aromatic N) is 1. The van der Waals surface area contributed by atoms with Crippen LogP contribution in [-0.4, -0.2) is 36.0 Å². The van der Waals surface area contributed by atoms with Crippen molar-refractivity contribution in [3.05, 3.63) is 120 Å². The molecular formula is C32H32N4O3. The molecule has 4 aromatic rings. The number of hydrogen-bond acceptors (Lipinski definition) is 4. The number of hydrogen-bond donors (Lipinski definition) is 3. The number of urea groups is 1. The highest BCUT2D eigenvalue weighted by molar-refractivity contribution is 6.00. The molecule has 1 fully saturated rings. The summed E-state index contributed by atoms with van der Waals surface area (Å²) in [6.07, 6.45) is 1.86. The fourth-order valence-corrected chi connectivity index (χ4v) is 4.58. The fourth-order valence-electron chi connectivity index (χ4n) is 4.58. The van der Waals surface area contributed by atoms with Gasteiger partial charge in [0, 0.05) is 42.6 Å². The molecule has 0 unspecified atom stereocenters. The summed E-state index contributed by atoms with van der Waals surface area (Å²) in [4.78, 5) is 27.6. The maximum atomic E-state index is 12.8. The Morgan fingerprint density at radius 2 is 1.23 bits per heavy atom. The van der Waals surface area contributed by atoms with E-state index in [0.29, 0.717) is 22.7 Å². The molecule has 3 N–H and O–H groups in total. The molecule has 3 amide bonds. The van der Waals surface area contributed by atoms with E-state index in [1.807, 2.05) is 36.4 Å². The SMILES string of the molecule is O=C(Nc1ccc(Oc2ccccc2)cc1)Nc1ccc(C(=O)NC2CCN(Cc3ccccc3)CC2)cc1. The van der Waals surface area contributed by atoms with E-state index < -0.39 is 0 Å². The van der Waals surface area contributed by atoms with Gasteiger partial charge in [0.25, 0.3) is 5.91 Å². The second-order valence-corrected chi connectivity index (χ2v) is 9.61. The Labute approximate surface area is 228 Å². The summed E-state index contributed by atoms with van der Waals surface area (Å²) in [6.45, 7) is 2.86. The summed E-state index contributed by atoms with van der Waals surface area (Å²) < 4.78 is 5.78. The number of amides is 3. The smallest absolute Gasteiger partial charge is 0.323 e. The van der Waals surface area contributed by atoms with Crippen LogP contribution in [0.1, 0.15) is 28.8 Å². The quantitative estimate of drug-likeness (QED) is 0.247. The number of piperidine rings is 1. The third-order valence-corrected chi connectivity index (χ3v) is 6.67. The molecule has 0 spiro atoms. The van der Waals surface area contributed by atoms with Gasteiger partial charge in [-0.1, -0.05) is 48.5 Å². The van der Waals surface area contributed by atoms with Crippen LogP contribution in [0, 0.1) is 0 Å². The number of anilines is 2. The molecule has 198 valence electrons. The van der Waals surface area contributed by atoms with Crippen molar-refractivity contribution in [3.8, 4) is 11.5 Å². The van der Waals surface area contributed by atoms with Crippen molar-refractivity contribution in [1.82, 2.24) is 10.2 Å². The molecule has 0 aliphatic carbocycles. The molecule has 0 atom stereocenters. The van der Waals surface area contributed by atoms with Crippen molar-refractivity contribution in [2.24, 2.45) is 0 Å². The molecule has 7 nitrogen and oxygen atoms in total. The number of carbonyl (C=O) groups excluding carboxylic acids is 2. The molecular weight excluding hydrogens is 488 g/mol. The first kappa shape index (κ1) is 26.0. The van der Waals surface area contributed by atoms with Crippen molar-refractivity contribution >= 4 is 23.3 Å². The molecule has 39 heavy (non-hydrogen) atoms. The number of carbonyl (C=O) groups is 2. The van der Waals surface area contributed by atoms with Crippen LogP contribution in [0.25, 0.3) is 0 Å². The zero-order chi connectivity index (χ0) is 26.9. The van der Waals surface area contributed by atoms with Crippen molar-refractivity contribution in [3.63, 3.8) is 0 Å². The first-order valence-corrected chi connectivity index (χ1v) is 13.2. The van der Waals surface area contributed by atoms with E-state index in [9.17, 15) is 9.59 Å². The van der Waals surface area contributed by atoms with Gasteiger partial charge < -0.3 is 20.7 Å². The Morgan fingerprint density at radius 3 is 1.85 bits per heavy atom. The summed E-state index contributed by atoms with van der Waals surface area (Å²) in [6, 6.07) is 33.8. The van der Waals surface area contributed by atoms with Gasteiger partial charge in [0.05, 0.1) is 0 Å². The second-order valence-electron chi connectivity index (χ2n) is 9.61. The van der Waals surface area contributed by atoms with Crippen LogP contribution in [0.3, 0.4) is 0 Å². The third-order valence-electron chi connectivity index (χ3n) is 6.67. The second kappa shape index (κ2) is 12.8. The number of benzene rings is 4. The van der Waals surface area contributed by atoms with E-state index in [1.165, 1.54) is 5.56 Å². The molecule has 5 rings (SSSR count). The molecule has 1 aliphatic rings. The minimum atomic E-state index is -0.369. The summed E-state index contributed by atoms with van der Waals surface area (Å²) in [7, 11) is 0. The van der Waals surface area contributed by atoms with Crippen LogP contribution >= 0.6 is 0 Å². The van der Waals surface area contributed by atoms with Crippen LogP contribution < -0.4 is 20.7 Å². The summed E-state index contributed by atoms with van der Waals surface area (Å²) >= 11 is 0. The Kier molecular flexibility index (Phi) is 8.51. The Bertz CT molecular complexity index is 1350. The van der Waals surface area contributed by atoms with Gasteiger partial charge in [-0.3, -0.25) is 9.69 Å². The van der Waals surface area contributed by atoms with Crippen LogP contribution in [0.5, 0.6) is 11.5 Å². The number of nitrogens with one attached hydrogen (secondary N) is 3. The van der Waals surface area contributed by atoms with Crippen LogP contribution in [-0.2, 0) is 6.54 Å². The zero-order valence-corrected chi connectivity index (χ0v) is 21.7. The van der Waals surface area contributed by atoms with Gasteiger partial charge in [-0.05, 0) is 79.1 Å². The lowest BCUT2D eigenvalue weighted by Gasteiger charge is -2.32. The van der Waals surface area contributed by atoms with E-state index in [-0.39, 0.29) is 18.0 Å². The topological polar surface area (TPSA) is 82.7 Å². The van der Waals surface area contributed by atoms with Gasteiger partial charge in [-0.15, -0.1) is 0 Å². The maximum Gasteiger partial charge on any atom is 0.323 e. The lowest BCUT2D eigenvalue weighted by atomic mass is 10.0. The van der Waals surface area contributed by atoms with Crippen molar-refractivity contribution < 1.29 is 14.3 Å². The van der Waals surface area contributed by atoms with E-state index in [0.717, 1.165) is 38.2 Å². The van der Waals surface area contributed by atoms with Gasteiger partial charge >= 0.3 is 6.03 Å². The first-order valence-electron chi connectivity index (χ1n) is 13.2. The minimum absolute atomic E-state index is 0.0923. The molecule has 7 heteroatoms. The van der Waals surface area contributed by atoms with Crippen molar-refractivity contribution in [1.29, 1.82) is 0 Å². The molecule has 0 aromatic heterocycles. The molecule has 0 bridgehead atoms. The van der Waals surface area contributed by atoms with Crippen molar-refractivity contribution in [2.45, 2.75) is 25.4 Å². The number of rotatable bonds is 8. The highest BCUT2D eigenvalue weighted by Crippen LogP contribution is 2.23. The Hall–Kier alpha value is -4.62. The summed E-state index contributed by atoms with van der Waals surface area (Å²) in [5, 5.41) is 8.76. The zero-order valence-electron chi connectivity index (χ0n) is 21.7. The minimum Gasteiger partial charge on any atom is -0.457 e. The van der Waals surface area contributed by atoms with E-state index in [2.05, 4.69) is 45.1 Å². The number of para-hydroxylation sites is 1. The predicted molar refractivity (Wildman–Crippen MR) is 154 cm³/mol. The van der Waals surface area contributed by atoms with Crippen molar-refractivity contribution in [2.75, 3.05) is 23.7 Å². The van der Waals surface area contributed by atoms with Gasteiger partial charge in [0.15, 0.2) is 0 Å². The average Bonchev–Trinajstić information content (AvgIpc) is 2.96. The first-order chi connectivity index (χ1) is 19.1. The number of likely N-dealkylation sites (tertiary alicyclic amines) is 1. The average molecular weight is 521 g/mol. The van der Waals surface area contributed by atoms with Gasteiger partial charge in [-0.2, -0.15) is 0 Å². The number of ether oxygens (including phenoxy) is 1. The van der Waals surface area contributed by atoms with Crippen LogP contribution in [0.15, 0.2) is 109 Å². The maximum absolute atomic E-state index is 12.8. The fraction of sp³-hybridized carbons (Fsp3) is 0.188. The largest absolute Gasteiger partial charge is 0.457 e. The Balaban J connectivity index is 1.05. The molecule has 1 saturated heterocycles. The van der Waals surface area contributed by atoms with E-state index in [1.54, 1.807) is 48.5 Å². The lowest BCUT2D eigenvalue weighted by molar-refractivity contribution is 0.0909. The molecule has 0 saturated carbocycles. The van der Waals surface area contributed by atoms with Gasteiger partial charge in [0.1, 0.15) is 11.5 Å². The predicted octanol–water partition coefficient (Wildman–Crippen LogP) is 6.52. The molecule has 0 radical (unpaired) electrons. The molecule has 4 aromatic carbocycles. The molecule has 1 aliphatic heterocycles. The van der Waals surface area contributed by atoms with E-state index in [4.69, 9.17) is 4.74 Å². The normalized spacial score (nSPS) is 13.8.